The van der Waals surface area contributed by atoms with E-state index in [4.69, 9.17) is 9.84 Å². The molecule has 0 unspecified atom stereocenters. The van der Waals surface area contributed by atoms with Crippen LogP contribution in [0.4, 0.5) is 0 Å². The first kappa shape index (κ1) is 8.64. The Bertz CT molecular complexity index is 267. The molecule has 1 rings (SSSR count). The SMILES string of the molecule is CCOC(=O)Cc1cc[nH]c1O. The number of H-pyrrole nitrogens is 1. The second-order valence-electron chi connectivity index (χ2n) is 2.33. The van der Waals surface area contributed by atoms with Gasteiger partial charge in [0, 0.05) is 11.8 Å². The molecule has 1 aromatic heterocycles. The van der Waals surface area contributed by atoms with Crippen molar-refractivity contribution in [3.63, 3.8) is 0 Å². The van der Waals surface area contributed by atoms with Crippen LogP contribution in [0.2, 0.25) is 0 Å². The molecule has 4 nitrogen and oxygen atoms in total. The van der Waals surface area contributed by atoms with E-state index in [2.05, 4.69) is 4.98 Å². The summed E-state index contributed by atoms with van der Waals surface area (Å²) in [5.41, 5.74) is 0.563. The fourth-order valence-corrected chi connectivity index (χ4v) is 0.903. The van der Waals surface area contributed by atoms with Gasteiger partial charge in [-0.05, 0) is 13.0 Å². The molecule has 0 atom stereocenters. The van der Waals surface area contributed by atoms with Gasteiger partial charge in [0.05, 0.1) is 13.0 Å². The van der Waals surface area contributed by atoms with Gasteiger partial charge >= 0.3 is 5.97 Å². The Morgan fingerprint density at radius 3 is 3.00 bits per heavy atom. The number of esters is 1. The van der Waals surface area contributed by atoms with Crippen molar-refractivity contribution in [1.82, 2.24) is 4.98 Å². The van der Waals surface area contributed by atoms with Crippen molar-refractivity contribution >= 4 is 5.97 Å². The van der Waals surface area contributed by atoms with Gasteiger partial charge in [0.2, 0.25) is 0 Å². The zero-order valence-corrected chi connectivity index (χ0v) is 6.83. The Kier molecular flexibility index (Phi) is 2.74. The zero-order valence-electron chi connectivity index (χ0n) is 6.83. The lowest BCUT2D eigenvalue weighted by molar-refractivity contribution is -0.142. The average Bonchev–Trinajstić information content (AvgIpc) is 2.37. The van der Waals surface area contributed by atoms with E-state index in [0.717, 1.165) is 0 Å². The van der Waals surface area contributed by atoms with E-state index in [1.807, 2.05) is 0 Å². The van der Waals surface area contributed by atoms with E-state index in [1.165, 1.54) is 0 Å². The Labute approximate surface area is 70.2 Å². The van der Waals surface area contributed by atoms with Crippen molar-refractivity contribution in [2.75, 3.05) is 6.61 Å². The number of aromatic amines is 1. The minimum Gasteiger partial charge on any atom is -0.494 e. The van der Waals surface area contributed by atoms with Crippen LogP contribution in [0.5, 0.6) is 5.88 Å². The van der Waals surface area contributed by atoms with Crippen LogP contribution in [0.3, 0.4) is 0 Å². The van der Waals surface area contributed by atoms with Crippen LogP contribution in [0.1, 0.15) is 12.5 Å². The summed E-state index contributed by atoms with van der Waals surface area (Å²) in [6.07, 6.45) is 1.69. The van der Waals surface area contributed by atoms with E-state index in [0.29, 0.717) is 12.2 Å². The van der Waals surface area contributed by atoms with Crippen molar-refractivity contribution in [2.45, 2.75) is 13.3 Å². The van der Waals surface area contributed by atoms with Gasteiger partial charge < -0.3 is 14.8 Å². The predicted octanol–water partition coefficient (Wildman–Crippen LogP) is 0.826. The lowest BCUT2D eigenvalue weighted by Crippen LogP contribution is -2.06. The number of aromatic nitrogens is 1. The topological polar surface area (TPSA) is 62.3 Å². The van der Waals surface area contributed by atoms with Crippen LogP contribution >= 0.6 is 0 Å². The summed E-state index contributed by atoms with van der Waals surface area (Å²) < 4.78 is 4.71. The summed E-state index contributed by atoms with van der Waals surface area (Å²) in [5, 5.41) is 9.10. The highest BCUT2D eigenvalue weighted by molar-refractivity contribution is 5.73. The minimum atomic E-state index is -0.326. The minimum absolute atomic E-state index is 0.0306. The van der Waals surface area contributed by atoms with Gasteiger partial charge in [-0.2, -0.15) is 0 Å². The number of carbonyl (C=O) groups excluding carboxylic acids is 1. The van der Waals surface area contributed by atoms with Crippen LogP contribution in [-0.2, 0) is 16.0 Å². The van der Waals surface area contributed by atoms with Crippen LogP contribution in [-0.4, -0.2) is 22.7 Å². The van der Waals surface area contributed by atoms with E-state index in [9.17, 15) is 4.79 Å². The first-order valence-electron chi connectivity index (χ1n) is 3.75. The van der Waals surface area contributed by atoms with Crippen LogP contribution in [0.15, 0.2) is 12.3 Å². The van der Waals surface area contributed by atoms with Gasteiger partial charge in [-0.1, -0.05) is 0 Å². The molecule has 12 heavy (non-hydrogen) atoms. The molecule has 0 aliphatic heterocycles. The maximum absolute atomic E-state index is 10.9. The summed E-state index contributed by atoms with van der Waals surface area (Å²) in [5.74, 6) is -0.296. The number of hydrogen-bond donors (Lipinski definition) is 2. The Morgan fingerprint density at radius 2 is 2.50 bits per heavy atom. The molecule has 2 N–H and O–H groups in total. The fourth-order valence-electron chi connectivity index (χ4n) is 0.903. The Morgan fingerprint density at radius 1 is 1.75 bits per heavy atom. The van der Waals surface area contributed by atoms with E-state index in [1.54, 1.807) is 19.2 Å². The largest absolute Gasteiger partial charge is 0.494 e. The monoisotopic (exact) mass is 169 g/mol. The number of nitrogens with one attached hydrogen (secondary N) is 1. The van der Waals surface area contributed by atoms with Gasteiger partial charge in [-0.3, -0.25) is 4.79 Å². The van der Waals surface area contributed by atoms with Gasteiger partial charge in [0.15, 0.2) is 5.88 Å². The molecule has 0 fully saturated rings. The second-order valence-corrected chi connectivity index (χ2v) is 2.33. The van der Waals surface area contributed by atoms with Crippen LogP contribution in [0, 0.1) is 0 Å². The smallest absolute Gasteiger partial charge is 0.310 e. The molecule has 0 aliphatic carbocycles. The van der Waals surface area contributed by atoms with Gasteiger partial charge in [-0.15, -0.1) is 0 Å². The Hall–Kier alpha value is -1.45. The molecule has 4 heteroatoms. The first-order valence-corrected chi connectivity index (χ1v) is 3.75. The number of rotatable bonds is 3. The van der Waals surface area contributed by atoms with Crippen molar-refractivity contribution in [2.24, 2.45) is 0 Å². The molecular weight excluding hydrogens is 158 g/mol. The average molecular weight is 169 g/mol. The third-order valence-corrected chi connectivity index (χ3v) is 1.45. The number of aromatic hydroxyl groups is 1. The third-order valence-electron chi connectivity index (χ3n) is 1.45. The van der Waals surface area contributed by atoms with Crippen molar-refractivity contribution in [3.05, 3.63) is 17.8 Å². The van der Waals surface area contributed by atoms with Crippen molar-refractivity contribution in [3.8, 4) is 5.88 Å². The van der Waals surface area contributed by atoms with Gasteiger partial charge in [-0.25, -0.2) is 0 Å². The molecule has 66 valence electrons. The number of ether oxygens (including phenoxy) is 1. The highest BCUT2D eigenvalue weighted by atomic mass is 16.5. The lowest BCUT2D eigenvalue weighted by Gasteiger charge is -1.99. The summed E-state index contributed by atoms with van der Waals surface area (Å²) in [7, 11) is 0. The molecule has 0 amide bonds. The summed E-state index contributed by atoms with van der Waals surface area (Å²) >= 11 is 0. The predicted molar refractivity (Wildman–Crippen MR) is 42.8 cm³/mol. The quantitative estimate of drug-likeness (QED) is 0.658. The molecule has 0 spiro atoms. The number of hydrogen-bond acceptors (Lipinski definition) is 3. The maximum Gasteiger partial charge on any atom is 0.310 e. The van der Waals surface area contributed by atoms with Crippen LogP contribution in [0.25, 0.3) is 0 Å². The summed E-state index contributed by atoms with van der Waals surface area (Å²) in [6.45, 7) is 2.11. The molecule has 0 aliphatic rings. The highest BCUT2D eigenvalue weighted by Gasteiger charge is 2.08. The van der Waals surface area contributed by atoms with E-state index in [-0.39, 0.29) is 18.3 Å². The van der Waals surface area contributed by atoms with Crippen molar-refractivity contribution < 1.29 is 14.6 Å². The van der Waals surface area contributed by atoms with Gasteiger partial charge in [0.25, 0.3) is 0 Å². The molecule has 0 bridgehead atoms. The molecule has 0 saturated heterocycles. The van der Waals surface area contributed by atoms with Crippen LogP contribution < -0.4 is 0 Å². The lowest BCUT2D eigenvalue weighted by atomic mass is 10.2. The molecule has 0 radical (unpaired) electrons. The highest BCUT2D eigenvalue weighted by Crippen LogP contribution is 2.13. The Balaban J connectivity index is 2.52. The third kappa shape index (κ3) is 2.02. The summed E-state index contributed by atoms with van der Waals surface area (Å²) in [4.78, 5) is 13.5. The standard InChI is InChI=1S/C8H11NO3/c1-2-12-7(10)5-6-3-4-9-8(6)11/h3-4,9,11H,2,5H2,1H3. The maximum atomic E-state index is 10.9. The molecule has 0 saturated carbocycles. The van der Waals surface area contributed by atoms with Gasteiger partial charge in [0.1, 0.15) is 0 Å². The first-order chi connectivity index (χ1) is 5.74. The molecule has 1 aromatic rings. The van der Waals surface area contributed by atoms with E-state index >= 15 is 0 Å². The second kappa shape index (κ2) is 3.80. The zero-order chi connectivity index (χ0) is 8.97. The molecular formula is C8H11NO3. The molecule has 0 aromatic carbocycles. The molecule has 1 heterocycles. The summed E-state index contributed by atoms with van der Waals surface area (Å²) in [6, 6.07) is 1.65. The normalized spacial score (nSPS) is 9.75. The van der Waals surface area contributed by atoms with E-state index < -0.39 is 0 Å². The van der Waals surface area contributed by atoms with Crippen molar-refractivity contribution in [1.29, 1.82) is 0 Å². The fraction of sp³-hybridized carbons (Fsp3) is 0.375. The number of carbonyl (C=O) groups is 1.